The molecule has 2 rings (SSSR count). The Morgan fingerprint density at radius 1 is 1.05 bits per heavy atom. The number of nitrogens with two attached hydrogens (primary N) is 1. The molecule has 2 aromatic carbocycles. The smallest absolute Gasteiger partial charge is 0.131 e. The second kappa shape index (κ2) is 5.63. The van der Waals surface area contributed by atoms with E-state index in [1.165, 1.54) is 18.2 Å². The van der Waals surface area contributed by atoms with Crippen LogP contribution in [-0.2, 0) is 6.54 Å². The molecule has 0 aliphatic heterocycles. The molecule has 3 N–H and O–H groups in total. The first kappa shape index (κ1) is 13.9. The Bertz CT molecular complexity index is 618. The van der Waals surface area contributed by atoms with Crippen LogP contribution in [0.25, 0.3) is 0 Å². The summed E-state index contributed by atoms with van der Waals surface area (Å²) in [5.74, 6) is -1.23. The Kier molecular flexibility index (Phi) is 4.12. The molecule has 0 atom stereocenters. The van der Waals surface area contributed by atoms with Gasteiger partial charge >= 0.3 is 0 Å². The van der Waals surface area contributed by atoms with Gasteiger partial charge in [0.1, 0.15) is 11.6 Å². The number of benzene rings is 2. The topological polar surface area (TPSA) is 38.0 Å². The van der Waals surface area contributed by atoms with E-state index in [0.717, 1.165) is 6.07 Å². The van der Waals surface area contributed by atoms with Crippen molar-refractivity contribution in [2.24, 2.45) is 0 Å². The molecular formula is C13H10Cl2F2N2. The van der Waals surface area contributed by atoms with Gasteiger partial charge < -0.3 is 11.1 Å². The summed E-state index contributed by atoms with van der Waals surface area (Å²) >= 11 is 11.7. The fourth-order valence-electron chi connectivity index (χ4n) is 1.57. The predicted molar refractivity (Wildman–Crippen MR) is 74.6 cm³/mol. The van der Waals surface area contributed by atoms with Gasteiger partial charge in [-0.3, -0.25) is 0 Å². The highest BCUT2D eigenvalue weighted by atomic mass is 35.5. The maximum atomic E-state index is 13.4. The van der Waals surface area contributed by atoms with Crippen LogP contribution in [0.5, 0.6) is 0 Å². The molecule has 0 saturated carbocycles. The Labute approximate surface area is 119 Å². The summed E-state index contributed by atoms with van der Waals surface area (Å²) in [5.41, 5.74) is 7.02. The molecule has 6 heteroatoms. The minimum absolute atomic E-state index is 0.161. The zero-order valence-electron chi connectivity index (χ0n) is 9.68. The van der Waals surface area contributed by atoms with Gasteiger partial charge in [0.25, 0.3) is 0 Å². The summed E-state index contributed by atoms with van der Waals surface area (Å²) in [6.07, 6.45) is 0. The first-order chi connectivity index (χ1) is 8.97. The highest BCUT2D eigenvalue weighted by molar-refractivity contribution is 6.42. The fourth-order valence-corrected chi connectivity index (χ4v) is 1.91. The third-order valence-electron chi connectivity index (χ3n) is 2.58. The molecule has 0 amide bonds. The molecule has 0 heterocycles. The van der Waals surface area contributed by atoms with Crippen molar-refractivity contribution in [3.8, 4) is 0 Å². The van der Waals surface area contributed by atoms with E-state index in [1.54, 1.807) is 6.07 Å². The lowest BCUT2D eigenvalue weighted by Gasteiger charge is -2.11. The van der Waals surface area contributed by atoms with Crippen LogP contribution in [0.1, 0.15) is 5.56 Å². The van der Waals surface area contributed by atoms with Crippen molar-refractivity contribution in [2.45, 2.75) is 6.54 Å². The molecule has 0 aliphatic carbocycles. The van der Waals surface area contributed by atoms with Crippen LogP contribution in [0.4, 0.5) is 20.2 Å². The van der Waals surface area contributed by atoms with E-state index >= 15 is 0 Å². The number of halogens is 4. The first-order valence-electron chi connectivity index (χ1n) is 5.39. The summed E-state index contributed by atoms with van der Waals surface area (Å²) in [4.78, 5) is 0. The maximum Gasteiger partial charge on any atom is 0.131 e. The van der Waals surface area contributed by atoms with E-state index in [0.29, 0.717) is 27.0 Å². The molecule has 2 aromatic rings. The van der Waals surface area contributed by atoms with Crippen molar-refractivity contribution in [3.05, 3.63) is 57.6 Å². The lowest BCUT2D eigenvalue weighted by Crippen LogP contribution is -2.04. The van der Waals surface area contributed by atoms with Crippen LogP contribution in [-0.4, -0.2) is 0 Å². The van der Waals surface area contributed by atoms with E-state index < -0.39 is 11.6 Å². The average Bonchev–Trinajstić information content (AvgIpc) is 2.34. The lowest BCUT2D eigenvalue weighted by atomic mass is 10.2. The number of nitrogen functional groups attached to an aromatic ring is 1. The van der Waals surface area contributed by atoms with Crippen LogP contribution < -0.4 is 11.1 Å². The van der Waals surface area contributed by atoms with Crippen LogP contribution in [0.2, 0.25) is 10.0 Å². The monoisotopic (exact) mass is 302 g/mol. The summed E-state index contributed by atoms with van der Waals surface area (Å²) in [6.45, 7) is 0.161. The minimum atomic E-state index is -0.619. The number of rotatable bonds is 3. The Hall–Kier alpha value is -1.52. The first-order valence-corrected chi connectivity index (χ1v) is 6.15. The highest BCUT2D eigenvalue weighted by Gasteiger charge is 2.07. The highest BCUT2D eigenvalue weighted by Crippen LogP contribution is 2.31. The quantitative estimate of drug-likeness (QED) is 0.821. The molecule has 0 spiro atoms. The molecule has 0 aliphatic rings. The molecule has 0 bridgehead atoms. The summed E-state index contributed by atoms with van der Waals surface area (Å²) in [5, 5.41) is 3.62. The van der Waals surface area contributed by atoms with Gasteiger partial charge in [-0.15, -0.1) is 0 Å². The van der Waals surface area contributed by atoms with Gasteiger partial charge in [0, 0.05) is 18.2 Å². The summed E-state index contributed by atoms with van der Waals surface area (Å²) in [6, 6.07) is 6.45. The molecule has 100 valence electrons. The van der Waals surface area contributed by atoms with E-state index in [2.05, 4.69) is 5.32 Å². The third-order valence-corrected chi connectivity index (χ3v) is 3.30. The summed E-state index contributed by atoms with van der Waals surface area (Å²) < 4.78 is 26.2. The SMILES string of the molecule is Nc1cc(Cl)c(Cl)cc1NCc1ccc(F)cc1F. The van der Waals surface area contributed by atoms with Crippen molar-refractivity contribution in [2.75, 3.05) is 11.1 Å². The minimum Gasteiger partial charge on any atom is -0.397 e. The Morgan fingerprint density at radius 2 is 1.74 bits per heavy atom. The largest absolute Gasteiger partial charge is 0.397 e. The van der Waals surface area contributed by atoms with Crippen LogP contribution in [0, 0.1) is 11.6 Å². The Balaban J connectivity index is 2.16. The van der Waals surface area contributed by atoms with Crippen molar-refractivity contribution in [1.29, 1.82) is 0 Å². The van der Waals surface area contributed by atoms with Crippen LogP contribution in [0.3, 0.4) is 0 Å². The van der Waals surface area contributed by atoms with Crippen molar-refractivity contribution in [3.63, 3.8) is 0 Å². The molecule has 0 fully saturated rings. The second-order valence-electron chi connectivity index (χ2n) is 3.94. The maximum absolute atomic E-state index is 13.4. The van der Waals surface area contributed by atoms with Gasteiger partial charge in [-0.2, -0.15) is 0 Å². The lowest BCUT2D eigenvalue weighted by molar-refractivity contribution is 0.574. The molecule has 0 radical (unpaired) electrons. The van der Waals surface area contributed by atoms with Crippen LogP contribution >= 0.6 is 23.2 Å². The number of hydrogen-bond acceptors (Lipinski definition) is 2. The molecule has 0 unspecified atom stereocenters. The third kappa shape index (κ3) is 3.28. The van der Waals surface area contributed by atoms with E-state index in [-0.39, 0.29) is 6.54 Å². The zero-order chi connectivity index (χ0) is 14.0. The normalized spacial score (nSPS) is 10.5. The number of nitrogens with one attached hydrogen (secondary N) is 1. The molecule has 2 nitrogen and oxygen atoms in total. The van der Waals surface area contributed by atoms with Gasteiger partial charge in [-0.1, -0.05) is 29.3 Å². The van der Waals surface area contributed by atoms with Gasteiger partial charge in [-0.05, 0) is 18.2 Å². The zero-order valence-corrected chi connectivity index (χ0v) is 11.2. The van der Waals surface area contributed by atoms with Gasteiger partial charge in [-0.25, -0.2) is 8.78 Å². The number of hydrogen-bond donors (Lipinski definition) is 2. The fraction of sp³-hybridized carbons (Fsp3) is 0.0769. The molecular weight excluding hydrogens is 293 g/mol. The van der Waals surface area contributed by atoms with Crippen LogP contribution in [0.15, 0.2) is 30.3 Å². The van der Waals surface area contributed by atoms with Crippen molar-refractivity contribution in [1.82, 2.24) is 0 Å². The van der Waals surface area contributed by atoms with E-state index in [9.17, 15) is 8.78 Å². The second-order valence-corrected chi connectivity index (χ2v) is 4.76. The van der Waals surface area contributed by atoms with Gasteiger partial charge in [0.05, 0.1) is 21.4 Å². The van der Waals surface area contributed by atoms with E-state index in [1.807, 2.05) is 0 Å². The summed E-state index contributed by atoms with van der Waals surface area (Å²) in [7, 11) is 0. The predicted octanol–water partition coefficient (Wildman–Crippen LogP) is 4.47. The van der Waals surface area contributed by atoms with Crippen molar-refractivity contribution < 1.29 is 8.78 Å². The van der Waals surface area contributed by atoms with Gasteiger partial charge in [0.15, 0.2) is 0 Å². The van der Waals surface area contributed by atoms with E-state index in [4.69, 9.17) is 28.9 Å². The van der Waals surface area contributed by atoms with Crippen molar-refractivity contribution >= 4 is 34.6 Å². The molecule has 19 heavy (non-hydrogen) atoms. The molecule has 0 saturated heterocycles. The average molecular weight is 303 g/mol. The standard InChI is InChI=1S/C13H10Cl2F2N2/c14-9-4-12(18)13(5-10(9)15)19-6-7-1-2-8(16)3-11(7)17/h1-5,19H,6,18H2. The Morgan fingerprint density at radius 3 is 2.42 bits per heavy atom. The molecule has 0 aromatic heterocycles. The van der Waals surface area contributed by atoms with Gasteiger partial charge in [0.2, 0.25) is 0 Å². The number of anilines is 2.